The van der Waals surface area contributed by atoms with Gasteiger partial charge in [0.2, 0.25) is 11.5 Å². The van der Waals surface area contributed by atoms with Crippen LogP contribution in [0.1, 0.15) is 56.8 Å². The number of aryl methyl sites for hydroxylation is 1. The molecule has 2 heterocycles. The van der Waals surface area contributed by atoms with Crippen LogP contribution in [0.25, 0.3) is 0 Å². The van der Waals surface area contributed by atoms with Crippen LogP contribution in [-0.2, 0) is 20.7 Å². The van der Waals surface area contributed by atoms with Gasteiger partial charge in [0.05, 0.1) is 18.8 Å². The summed E-state index contributed by atoms with van der Waals surface area (Å²) < 4.78 is 11.5. The maximum absolute atomic E-state index is 12.8. The number of carbonyl (C=O) groups is 1. The molecule has 1 aromatic rings. The van der Waals surface area contributed by atoms with E-state index in [2.05, 4.69) is 10.3 Å². The van der Waals surface area contributed by atoms with Gasteiger partial charge < -0.3 is 19.8 Å². The van der Waals surface area contributed by atoms with Gasteiger partial charge in [0.25, 0.3) is 0 Å². The number of hydrogen-bond donors (Lipinski definition) is 2. The summed E-state index contributed by atoms with van der Waals surface area (Å²) in [4.78, 5) is 27.2. The van der Waals surface area contributed by atoms with Gasteiger partial charge in [-0.3, -0.25) is 9.59 Å². The molecule has 0 aromatic carbocycles. The molecule has 1 saturated heterocycles. The van der Waals surface area contributed by atoms with Crippen molar-refractivity contribution in [2.24, 2.45) is 5.92 Å². The summed E-state index contributed by atoms with van der Waals surface area (Å²) in [5, 5.41) is 3.12. The van der Waals surface area contributed by atoms with E-state index in [0.717, 1.165) is 50.0 Å². The average molecular weight is 348 g/mol. The predicted octanol–water partition coefficient (Wildman–Crippen LogP) is 2.09. The van der Waals surface area contributed by atoms with Crippen molar-refractivity contribution in [2.75, 3.05) is 13.2 Å². The van der Waals surface area contributed by atoms with Gasteiger partial charge in [-0.1, -0.05) is 13.8 Å². The van der Waals surface area contributed by atoms with Crippen molar-refractivity contribution in [3.63, 3.8) is 0 Å². The highest BCUT2D eigenvalue weighted by Gasteiger charge is 2.29. The Morgan fingerprint density at radius 3 is 2.92 bits per heavy atom. The molecule has 3 atom stereocenters. The van der Waals surface area contributed by atoms with Crippen molar-refractivity contribution in [1.29, 1.82) is 0 Å². The van der Waals surface area contributed by atoms with Crippen molar-refractivity contribution in [3.8, 4) is 0 Å². The molecule has 6 nitrogen and oxygen atoms in total. The summed E-state index contributed by atoms with van der Waals surface area (Å²) in [6.45, 7) is 5.23. The Hall–Kier alpha value is -1.66. The van der Waals surface area contributed by atoms with Gasteiger partial charge >= 0.3 is 0 Å². The van der Waals surface area contributed by atoms with Gasteiger partial charge in [-0.05, 0) is 49.7 Å². The topological polar surface area (TPSA) is 80.4 Å². The first-order valence-electron chi connectivity index (χ1n) is 9.30. The lowest BCUT2D eigenvalue weighted by Crippen LogP contribution is -2.43. The number of aromatic amines is 1. The Morgan fingerprint density at radius 2 is 2.20 bits per heavy atom. The number of fused-ring (bicyclic) bond motifs is 1. The average Bonchev–Trinajstić information content (AvgIpc) is 3.08. The van der Waals surface area contributed by atoms with Gasteiger partial charge in [0, 0.05) is 18.4 Å². The van der Waals surface area contributed by atoms with Gasteiger partial charge in [-0.2, -0.15) is 0 Å². The van der Waals surface area contributed by atoms with Crippen LogP contribution in [0.2, 0.25) is 0 Å². The maximum atomic E-state index is 12.8. The Balaban J connectivity index is 1.64. The Labute approximate surface area is 148 Å². The third kappa shape index (κ3) is 4.50. The van der Waals surface area contributed by atoms with Crippen molar-refractivity contribution < 1.29 is 14.3 Å². The van der Waals surface area contributed by atoms with Crippen LogP contribution in [0.5, 0.6) is 0 Å². The summed E-state index contributed by atoms with van der Waals surface area (Å²) in [5.74, 6) is -0.00269. The molecule has 6 heteroatoms. The van der Waals surface area contributed by atoms with Gasteiger partial charge in [0.15, 0.2) is 0 Å². The van der Waals surface area contributed by atoms with Gasteiger partial charge in [0.1, 0.15) is 6.10 Å². The fourth-order valence-electron chi connectivity index (χ4n) is 3.66. The highest BCUT2D eigenvalue weighted by molar-refractivity contribution is 5.81. The molecule has 0 bridgehead atoms. The summed E-state index contributed by atoms with van der Waals surface area (Å²) in [6.07, 6.45) is 4.34. The normalized spacial score (nSPS) is 24.1. The second kappa shape index (κ2) is 8.15. The third-order valence-electron chi connectivity index (χ3n) is 5.00. The minimum atomic E-state index is -0.489. The lowest BCUT2D eigenvalue weighted by atomic mass is 9.91. The number of ether oxygens (including phenoxy) is 2. The molecular formula is C19H28N2O4. The molecule has 1 amide bonds. The van der Waals surface area contributed by atoms with Crippen molar-refractivity contribution >= 4 is 5.91 Å². The lowest BCUT2D eigenvalue weighted by molar-refractivity contribution is -0.139. The van der Waals surface area contributed by atoms with Gasteiger partial charge in [-0.15, -0.1) is 0 Å². The first-order chi connectivity index (χ1) is 12.0. The summed E-state index contributed by atoms with van der Waals surface area (Å²) >= 11 is 0. The molecule has 1 fully saturated rings. The number of H-pyrrole nitrogens is 1. The number of rotatable bonds is 6. The van der Waals surface area contributed by atoms with Crippen LogP contribution >= 0.6 is 0 Å². The molecule has 1 aliphatic carbocycles. The van der Waals surface area contributed by atoms with Crippen LogP contribution in [0.3, 0.4) is 0 Å². The van der Waals surface area contributed by atoms with E-state index >= 15 is 0 Å². The van der Waals surface area contributed by atoms with Crippen LogP contribution in [0, 0.1) is 5.92 Å². The Kier molecular flexibility index (Phi) is 5.91. The second-order valence-electron chi connectivity index (χ2n) is 7.34. The zero-order valence-corrected chi connectivity index (χ0v) is 15.0. The monoisotopic (exact) mass is 348 g/mol. The summed E-state index contributed by atoms with van der Waals surface area (Å²) in [7, 11) is 0. The molecule has 2 N–H and O–H groups in total. The summed E-state index contributed by atoms with van der Waals surface area (Å²) in [5.41, 5.74) is 1.86. The van der Waals surface area contributed by atoms with Crippen LogP contribution in [0.15, 0.2) is 16.9 Å². The zero-order valence-electron chi connectivity index (χ0n) is 15.0. The molecule has 25 heavy (non-hydrogen) atoms. The molecule has 1 aliphatic heterocycles. The lowest BCUT2D eigenvalue weighted by Gasteiger charge is -2.29. The molecule has 0 radical (unpaired) electrons. The zero-order chi connectivity index (χ0) is 17.8. The van der Waals surface area contributed by atoms with E-state index in [0.29, 0.717) is 6.61 Å². The van der Waals surface area contributed by atoms with E-state index < -0.39 is 6.10 Å². The molecule has 0 saturated carbocycles. The van der Waals surface area contributed by atoms with E-state index in [1.807, 2.05) is 19.9 Å². The standard InChI is InChI=1S/C19H28N2O4/c1-12(2)18(25-11-13-5-4-10-24-13)19(23)21-16-7-3-6-15-14(16)8-9-17(22)20-15/h8-9,12-13,16,18H,3-7,10-11H2,1-2H3,(H,20,22)(H,21,23)/t13-,16-,18-/m0/s1. The van der Waals surface area contributed by atoms with E-state index in [-0.39, 0.29) is 29.5 Å². The third-order valence-corrected chi connectivity index (χ3v) is 5.00. The molecule has 1 aromatic heterocycles. The van der Waals surface area contributed by atoms with E-state index in [1.54, 1.807) is 0 Å². The number of carbonyl (C=O) groups excluding carboxylic acids is 1. The smallest absolute Gasteiger partial charge is 0.249 e. The first kappa shape index (κ1) is 18.1. The first-order valence-corrected chi connectivity index (χ1v) is 9.30. The Bertz CT molecular complexity index is 649. The molecular weight excluding hydrogens is 320 g/mol. The number of pyridine rings is 1. The molecule has 3 rings (SSSR count). The van der Waals surface area contributed by atoms with Crippen LogP contribution in [-0.4, -0.2) is 36.3 Å². The number of nitrogens with one attached hydrogen (secondary N) is 2. The maximum Gasteiger partial charge on any atom is 0.249 e. The highest BCUT2D eigenvalue weighted by atomic mass is 16.5. The minimum Gasteiger partial charge on any atom is -0.376 e. The second-order valence-corrected chi connectivity index (χ2v) is 7.34. The molecule has 2 aliphatic rings. The predicted molar refractivity (Wildman–Crippen MR) is 94.4 cm³/mol. The summed E-state index contributed by atoms with van der Waals surface area (Å²) in [6, 6.07) is 3.29. The largest absolute Gasteiger partial charge is 0.376 e. The number of amides is 1. The quantitative estimate of drug-likeness (QED) is 0.825. The minimum absolute atomic E-state index is 0.0688. The van der Waals surface area contributed by atoms with E-state index in [1.165, 1.54) is 6.07 Å². The fraction of sp³-hybridized carbons (Fsp3) is 0.684. The SMILES string of the molecule is CC(C)[C@H](OC[C@@H]1CCCO1)C(=O)N[C@H]1CCCc2[nH]c(=O)ccc21. The van der Waals surface area contributed by atoms with Gasteiger partial charge in [-0.25, -0.2) is 0 Å². The molecule has 138 valence electrons. The van der Waals surface area contributed by atoms with E-state index in [4.69, 9.17) is 9.47 Å². The number of aromatic nitrogens is 1. The van der Waals surface area contributed by atoms with E-state index in [9.17, 15) is 9.59 Å². The van der Waals surface area contributed by atoms with Crippen molar-refractivity contribution in [1.82, 2.24) is 10.3 Å². The number of hydrogen-bond acceptors (Lipinski definition) is 4. The van der Waals surface area contributed by atoms with Crippen LogP contribution < -0.4 is 10.9 Å². The highest BCUT2D eigenvalue weighted by Crippen LogP contribution is 2.28. The fourth-order valence-corrected chi connectivity index (χ4v) is 3.66. The van der Waals surface area contributed by atoms with Crippen molar-refractivity contribution in [3.05, 3.63) is 33.7 Å². The molecule has 0 unspecified atom stereocenters. The van der Waals surface area contributed by atoms with Crippen LogP contribution in [0.4, 0.5) is 0 Å². The Morgan fingerprint density at radius 1 is 1.36 bits per heavy atom. The molecule has 0 spiro atoms. The van der Waals surface area contributed by atoms with Crippen molar-refractivity contribution in [2.45, 2.75) is 64.2 Å².